The van der Waals surface area contributed by atoms with Crippen molar-refractivity contribution in [3.05, 3.63) is 23.8 Å². The van der Waals surface area contributed by atoms with Gasteiger partial charge in [-0.15, -0.1) is 0 Å². The molecule has 0 spiro atoms. The molecule has 0 atom stereocenters. The molecule has 1 heterocycles. The van der Waals surface area contributed by atoms with Crippen molar-refractivity contribution >= 4 is 0 Å². The Morgan fingerprint density at radius 2 is 2.11 bits per heavy atom. The minimum atomic E-state index is 0.150. The van der Waals surface area contributed by atoms with Crippen LogP contribution in [0.15, 0.2) is 12.3 Å². The number of hydrogen-bond donors (Lipinski definition) is 1. The zero-order valence-electron chi connectivity index (χ0n) is 12.1. The van der Waals surface area contributed by atoms with Crippen LogP contribution in [-0.4, -0.2) is 34.5 Å². The molecule has 1 rings (SSSR count). The topological polar surface area (TPSA) is 55.0 Å². The van der Waals surface area contributed by atoms with Crippen molar-refractivity contribution in [1.29, 1.82) is 0 Å². The Kier molecular flexibility index (Phi) is 5.69. The zero-order valence-corrected chi connectivity index (χ0v) is 12.1. The Bertz CT molecular complexity index is 363. The van der Waals surface area contributed by atoms with Crippen molar-refractivity contribution in [3.8, 4) is 0 Å². The monoisotopic (exact) mass is 250 g/mol. The Labute approximate surface area is 111 Å². The quantitative estimate of drug-likeness (QED) is 0.804. The van der Waals surface area contributed by atoms with E-state index in [4.69, 9.17) is 5.73 Å². The Hall–Kier alpha value is -1.00. The van der Waals surface area contributed by atoms with Crippen molar-refractivity contribution in [2.75, 3.05) is 19.6 Å². The molecule has 0 bridgehead atoms. The predicted molar refractivity (Wildman–Crippen MR) is 75.2 cm³/mol. The van der Waals surface area contributed by atoms with E-state index in [1.807, 2.05) is 19.2 Å². The van der Waals surface area contributed by atoms with Crippen LogP contribution in [0.1, 0.15) is 38.7 Å². The highest BCUT2D eigenvalue weighted by molar-refractivity contribution is 5.01. The van der Waals surface area contributed by atoms with Crippen molar-refractivity contribution in [3.63, 3.8) is 0 Å². The molecule has 4 heteroatoms. The van der Waals surface area contributed by atoms with E-state index in [0.717, 1.165) is 37.6 Å². The van der Waals surface area contributed by atoms with Gasteiger partial charge in [0.1, 0.15) is 5.82 Å². The molecule has 1 aromatic heterocycles. The number of nitrogens with two attached hydrogens (primary N) is 1. The van der Waals surface area contributed by atoms with Gasteiger partial charge in [0.25, 0.3) is 0 Å². The summed E-state index contributed by atoms with van der Waals surface area (Å²) in [4.78, 5) is 11.0. The van der Waals surface area contributed by atoms with Gasteiger partial charge in [0.2, 0.25) is 0 Å². The summed E-state index contributed by atoms with van der Waals surface area (Å²) in [6.07, 6.45) is 2.97. The molecule has 0 saturated carbocycles. The van der Waals surface area contributed by atoms with Gasteiger partial charge in [-0.1, -0.05) is 20.8 Å². The molecule has 102 valence electrons. The molecule has 0 aliphatic rings. The van der Waals surface area contributed by atoms with E-state index in [2.05, 4.69) is 35.6 Å². The maximum atomic E-state index is 5.82. The average Bonchev–Trinajstić information content (AvgIpc) is 2.29. The largest absolute Gasteiger partial charge is 0.330 e. The first-order valence-corrected chi connectivity index (χ1v) is 6.68. The third-order valence-corrected chi connectivity index (χ3v) is 2.96. The summed E-state index contributed by atoms with van der Waals surface area (Å²) in [5.41, 5.74) is 7.05. The van der Waals surface area contributed by atoms with Crippen LogP contribution in [0.4, 0.5) is 0 Å². The number of nitrogens with zero attached hydrogens (tertiary/aromatic N) is 3. The minimum Gasteiger partial charge on any atom is -0.330 e. The first-order chi connectivity index (χ1) is 8.46. The third-order valence-electron chi connectivity index (χ3n) is 2.96. The molecule has 0 saturated heterocycles. The summed E-state index contributed by atoms with van der Waals surface area (Å²) in [5, 5.41) is 0. The molecule has 18 heavy (non-hydrogen) atoms. The molecule has 0 aliphatic carbocycles. The van der Waals surface area contributed by atoms with Gasteiger partial charge in [-0.2, -0.15) is 0 Å². The molecule has 4 nitrogen and oxygen atoms in total. The second kappa shape index (κ2) is 6.81. The van der Waals surface area contributed by atoms with Gasteiger partial charge in [-0.25, -0.2) is 9.97 Å². The number of aryl methyl sites for hydroxylation is 1. The lowest BCUT2D eigenvalue weighted by molar-refractivity contribution is 0.174. The zero-order chi connectivity index (χ0) is 13.6. The lowest BCUT2D eigenvalue weighted by atomic mass is 9.93. The van der Waals surface area contributed by atoms with Gasteiger partial charge in [0.15, 0.2) is 0 Å². The smallest absolute Gasteiger partial charge is 0.125 e. The lowest BCUT2D eigenvalue weighted by Gasteiger charge is -2.31. The van der Waals surface area contributed by atoms with E-state index < -0.39 is 0 Å². The predicted octanol–water partition coefficient (Wildman–Crippen LogP) is 1.98. The maximum Gasteiger partial charge on any atom is 0.125 e. The maximum absolute atomic E-state index is 5.82. The SMILES string of the molecule is CCCN(Cc1ccnc(C)n1)CC(C)(C)CN. The van der Waals surface area contributed by atoms with E-state index in [1.165, 1.54) is 0 Å². The van der Waals surface area contributed by atoms with Crippen LogP contribution in [0.25, 0.3) is 0 Å². The fraction of sp³-hybridized carbons (Fsp3) is 0.714. The molecule has 0 amide bonds. The molecule has 2 N–H and O–H groups in total. The molecule has 0 unspecified atom stereocenters. The van der Waals surface area contributed by atoms with Gasteiger partial charge in [0, 0.05) is 19.3 Å². The number of aromatic nitrogens is 2. The number of rotatable bonds is 7. The summed E-state index contributed by atoms with van der Waals surface area (Å²) in [5.74, 6) is 0.835. The molecule has 0 aliphatic heterocycles. The summed E-state index contributed by atoms with van der Waals surface area (Å²) < 4.78 is 0. The van der Waals surface area contributed by atoms with Crippen molar-refractivity contribution in [2.45, 2.75) is 40.7 Å². The summed E-state index contributed by atoms with van der Waals surface area (Å²) in [7, 11) is 0. The van der Waals surface area contributed by atoms with Crippen LogP contribution in [0, 0.1) is 12.3 Å². The number of hydrogen-bond acceptors (Lipinski definition) is 4. The van der Waals surface area contributed by atoms with Gasteiger partial charge in [-0.3, -0.25) is 4.90 Å². The first-order valence-electron chi connectivity index (χ1n) is 6.68. The Balaban J connectivity index is 2.68. The van der Waals surface area contributed by atoms with E-state index in [9.17, 15) is 0 Å². The second-order valence-corrected chi connectivity index (χ2v) is 5.67. The van der Waals surface area contributed by atoms with Gasteiger partial charge >= 0.3 is 0 Å². The van der Waals surface area contributed by atoms with Crippen LogP contribution in [0.2, 0.25) is 0 Å². The average molecular weight is 250 g/mol. The highest BCUT2D eigenvalue weighted by Gasteiger charge is 2.20. The molecule has 0 aromatic carbocycles. The second-order valence-electron chi connectivity index (χ2n) is 5.67. The van der Waals surface area contributed by atoms with E-state index >= 15 is 0 Å². The fourth-order valence-electron chi connectivity index (χ4n) is 2.02. The fourth-order valence-corrected chi connectivity index (χ4v) is 2.02. The van der Waals surface area contributed by atoms with E-state index in [0.29, 0.717) is 6.54 Å². The van der Waals surface area contributed by atoms with Crippen LogP contribution >= 0.6 is 0 Å². The van der Waals surface area contributed by atoms with E-state index in [-0.39, 0.29) is 5.41 Å². The van der Waals surface area contributed by atoms with Gasteiger partial charge in [-0.05, 0) is 37.9 Å². The van der Waals surface area contributed by atoms with Crippen molar-refractivity contribution in [1.82, 2.24) is 14.9 Å². The highest BCUT2D eigenvalue weighted by atomic mass is 15.1. The van der Waals surface area contributed by atoms with Gasteiger partial charge < -0.3 is 5.73 Å². The molecule has 1 aromatic rings. The van der Waals surface area contributed by atoms with Gasteiger partial charge in [0.05, 0.1) is 5.69 Å². The normalized spacial score (nSPS) is 12.1. The van der Waals surface area contributed by atoms with Crippen LogP contribution in [-0.2, 0) is 6.54 Å². The van der Waals surface area contributed by atoms with Crippen molar-refractivity contribution in [2.24, 2.45) is 11.1 Å². The summed E-state index contributed by atoms with van der Waals surface area (Å²) >= 11 is 0. The molecular formula is C14H26N4. The molecule has 0 radical (unpaired) electrons. The molecular weight excluding hydrogens is 224 g/mol. The first kappa shape index (κ1) is 15.1. The van der Waals surface area contributed by atoms with Crippen LogP contribution in [0.3, 0.4) is 0 Å². The standard InChI is InChI=1S/C14H26N4/c1-5-8-18(11-14(3,4)10-15)9-13-6-7-16-12(2)17-13/h6-7H,5,8-11,15H2,1-4H3. The van der Waals surface area contributed by atoms with E-state index in [1.54, 1.807) is 0 Å². The Morgan fingerprint density at radius 1 is 1.39 bits per heavy atom. The lowest BCUT2D eigenvalue weighted by Crippen LogP contribution is -2.39. The Morgan fingerprint density at radius 3 is 2.67 bits per heavy atom. The van der Waals surface area contributed by atoms with Crippen molar-refractivity contribution < 1.29 is 0 Å². The third kappa shape index (κ3) is 5.10. The minimum absolute atomic E-state index is 0.150. The highest BCUT2D eigenvalue weighted by Crippen LogP contribution is 2.16. The summed E-state index contributed by atoms with van der Waals surface area (Å²) in [6.45, 7) is 12.2. The summed E-state index contributed by atoms with van der Waals surface area (Å²) in [6, 6.07) is 1.99. The van der Waals surface area contributed by atoms with Crippen LogP contribution < -0.4 is 5.73 Å². The molecule has 0 fully saturated rings. The van der Waals surface area contributed by atoms with Crippen LogP contribution in [0.5, 0.6) is 0 Å².